The number of carbonyl (C=O) groups is 2. The van der Waals surface area contributed by atoms with Gasteiger partial charge in [-0.15, -0.1) is 11.8 Å². The van der Waals surface area contributed by atoms with Crippen LogP contribution < -0.4 is 0 Å². The molecule has 0 spiro atoms. The number of fused-ring (bicyclic) bond motifs is 1. The molecule has 26 heavy (non-hydrogen) atoms. The van der Waals surface area contributed by atoms with Crippen LogP contribution in [0.2, 0.25) is 0 Å². The van der Waals surface area contributed by atoms with Crippen LogP contribution in [-0.2, 0) is 14.3 Å². The van der Waals surface area contributed by atoms with E-state index >= 15 is 0 Å². The molecule has 0 aromatic heterocycles. The first kappa shape index (κ1) is 18.8. The number of hydrogen-bond acceptors (Lipinski definition) is 4. The number of hydrogen-bond donors (Lipinski definition) is 0. The van der Waals surface area contributed by atoms with Gasteiger partial charge in [0, 0.05) is 18.0 Å². The van der Waals surface area contributed by atoms with Gasteiger partial charge in [-0.25, -0.2) is 0 Å². The van der Waals surface area contributed by atoms with Crippen LogP contribution in [-0.4, -0.2) is 41.7 Å². The van der Waals surface area contributed by atoms with E-state index in [2.05, 4.69) is 24.3 Å². The highest BCUT2D eigenvalue weighted by atomic mass is 32.2. The van der Waals surface area contributed by atoms with Crippen molar-refractivity contribution in [2.24, 2.45) is 0 Å². The van der Waals surface area contributed by atoms with E-state index in [4.69, 9.17) is 4.74 Å². The lowest BCUT2D eigenvalue weighted by atomic mass is 10.1. The number of rotatable bonds is 5. The summed E-state index contributed by atoms with van der Waals surface area (Å²) in [5.41, 5.74) is 0. The Morgan fingerprint density at radius 1 is 1.04 bits per heavy atom. The van der Waals surface area contributed by atoms with Crippen LogP contribution >= 0.6 is 11.8 Å². The Morgan fingerprint density at radius 3 is 2.46 bits per heavy atom. The number of thioether (sulfide) groups is 1. The van der Waals surface area contributed by atoms with Crippen molar-refractivity contribution in [3.63, 3.8) is 0 Å². The van der Waals surface area contributed by atoms with Gasteiger partial charge in [0.2, 0.25) is 0 Å². The highest BCUT2D eigenvalue weighted by Crippen LogP contribution is 2.24. The predicted molar refractivity (Wildman–Crippen MR) is 105 cm³/mol. The van der Waals surface area contributed by atoms with Gasteiger partial charge < -0.3 is 9.64 Å². The topological polar surface area (TPSA) is 46.6 Å². The van der Waals surface area contributed by atoms with Crippen molar-refractivity contribution in [3.05, 3.63) is 42.5 Å². The summed E-state index contributed by atoms with van der Waals surface area (Å²) in [6.07, 6.45) is 3.69. The Kier molecular flexibility index (Phi) is 6.56. The first-order valence-electron chi connectivity index (χ1n) is 9.23. The number of carbonyl (C=O) groups excluding carboxylic acids is 2. The summed E-state index contributed by atoms with van der Waals surface area (Å²) < 4.78 is 5.36. The molecule has 2 aromatic rings. The zero-order valence-corrected chi connectivity index (χ0v) is 16.0. The maximum Gasteiger partial charge on any atom is 0.317 e. The van der Waals surface area contributed by atoms with Crippen molar-refractivity contribution in [3.8, 4) is 0 Å². The number of nitrogens with zero attached hydrogens (tertiary/aromatic N) is 1. The van der Waals surface area contributed by atoms with Crippen LogP contribution in [0.25, 0.3) is 10.8 Å². The van der Waals surface area contributed by atoms with Crippen molar-refractivity contribution in [1.82, 2.24) is 4.90 Å². The van der Waals surface area contributed by atoms with E-state index < -0.39 is 6.10 Å². The summed E-state index contributed by atoms with van der Waals surface area (Å²) in [6, 6.07) is 14.3. The van der Waals surface area contributed by atoms with E-state index in [-0.39, 0.29) is 17.6 Å². The molecule has 4 nitrogen and oxygen atoms in total. The lowest BCUT2D eigenvalue weighted by molar-refractivity contribution is -0.157. The fourth-order valence-corrected chi connectivity index (χ4v) is 3.96. The smallest absolute Gasteiger partial charge is 0.317 e. The predicted octanol–water partition coefficient (Wildman–Crippen LogP) is 4.27. The Morgan fingerprint density at radius 2 is 1.73 bits per heavy atom. The molecule has 5 heteroatoms. The Hall–Kier alpha value is -2.01. The van der Waals surface area contributed by atoms with Gasteiger partial charge in [-0.1, -0.05) is 43.2 Å². The maximum absolute atomic E-state index is 12.4. The standard InChI is InChI=1S/C21H25NO3S/c1-16(21(24)22-12-6-2-3-7-13-22)25-20(23)15-26-19-11-10-17-8-4-5-9-18(17)14-19/h4-5,8-11,14,16H,2-3,6-7,12-13,15H2,1H3. The minimum Gasteiger partial charge on any atom is -0.452 e. The molecule has 0 aliphatic carbocycles. The molecule has 138 valence electrons. The molecule has 1 unspecified atom stereocenters. The SMILES string of the molecule is CC(OC(=O)CSc1ccc2ccccc2c1)C(=O)N1CCCCCC1. The van der Waals surface area contributed by atoms with Crippen LogP contribution in [0.4, 0.5) is 0 Å². The molecule has 3 rings (SSSR count). The number of benzene rings is 2. The summed E-state index contributed by atoms with van der Waals surface area (Å²) in [4.78, 5) is 27.4. The lowest BCUT2D eigenvalue weighted by Gasteiger charge is -2.23. The van der Waals surface area contributed by atoms with E-state index in [1.54, 1.807) is 6.92 Å². The van der Waals surface area contributed by atoms with Gasteiger partial charge in [0.1, 0.15) is 0 Å². The Bertz CT molecular complexity index is 769. The average Bonchev–Trinajstić information content (AvgIpc) is 2.95. The quantitative estimate of drug-likeness (QED) is 0.582. The van der Waals surface area contributed by atoms with Crippen molar-refractivity contribution in [2.75, 3.05) is 18.8 Å². The monoisotopic (exact) mass is 371 g/mol. The summed E-state index contributed by atoms with van der Waals surface area (Å²) in [5, 5.41) is 2.33. The molecule has 1 fully saturated rings. The minimum atomic E-state index is -0.710. The van der Waals surface area contributed by atoms with Crippen molar-refractivity contribution >= 4 is 34.4 Å². The molecule has 0 bridgehead atoms. The van der Waals surface area contributed by atoms with Crippen LogP contribution in [0.3, 0.4) is 0 Å². The molecule has 1 aliphatic rings. The van der Waals surface area contributed by atoms with Crippen molar-refractivity contribution < 1.29 is 14.3 Å². The lowest BCUT2D eigenvalue weighted by Crippen LogP contribution is -2.40. The van der Waals surface area contributed by atoms with E-state index in [1.807, 2.05) is 23.1 Å². The zero-order valence-electron chi connectivity index (χ0n) is 15.1. The number of amides is 1. The van der Waals surface area contributed by atoms with E-state index in [0.717, 1.165) is 36.2 Å². The Balaban J connectivity index is 1.50. The minimum absolute atomic E-state index is 0.0732. The van der Waals surface area contributed by atoms with Crippen LogP contribution in [0.5, 0.6) is 0 Å². The van der Waals surface area contributed by atoms with E-state index in [0.29, 0.717) is 0 Å². The molecular weight excluding hydrogens is 346 g/mol. The summed E-state index contributed by atoms with van der Waals surface area (Å²) in [5.74, 6) is -0.217. The molecule has 1 atom stereocenters. The van der Waals surface area contributed by atoms with Gasteiger partial charge in [0.25, 0.3) is 5.91 Å². The summed E-state index contributed by atoms with van der Waals surface area (Å²) >= 11 is 1.44. The Labute approximate surface area is 158 Å². The fraction of sp³-hybridized carbons (Fsp3) is 0.429. The van der Waals surface area contributed by atoms with Gasteiger partial charge >= 0.3 is 5.97 Å². The molecule has 1 amide bonds. The maximum atomic E-state index is 12.4. The van der Waals surface area contributed by atoms with Crippen molar-refractivity contribution in [1.29, 1.82) is 0 Å². The molecule has 1 heterocycles. The average molecular weight is 372 g/mol. The van der Waals surface area contributed by atoms with Crippen LogP contribution in [0.1, 0.15) is 32.6 Å². The molecule has 2 aromatic carbocycles. The first-order valence-corrected chi connectivity index (χ1v) is 10.2. The van der Waals surface area contributed by atoms with Crippen molar-refractivity contribution in [2.45, 2.75) is 43.6 Å². The van der Waals surface area contributed by atoms with Gasteiger partial charge in [0.05, 0.1) is 5.75 Å². The van der Waals surface area contributed by atoms with E-state index in [1.165, 1.54) is 30.0 Å². The first-order chi connectivity index (χ1) is 12.6. The summed E-state index contributed by atoms with van der Waals surface area (Å²) in [6.45, 7) is 3.21. The molecule has 0 radical (unpaired) electrons. The second kappa shape index (κ2) is 9.08. The molecule has 0 saturated carbocycles. The highest BCUT2D eigenvalue weighted by Gasteiger charge is 2.24. The second-order valence-electron chi connectivity index (χ2n) is 6.67. The molecular formula is C21H25NO3S. The van der Waals surface area contributed by atoms with E-state index in [9.17, 15) is 9.59 Å². The second-order valence-corrected chi connectivity index (χ2v) is 7.72. The van der Waals surface area contributed by atoms with Gasteiger partial charge in [-0.05, 0) is 42.7 Å². The molecule has 0 N–H and O–H groups in total. The normalized spacial score (nSPS) is 16.1. The van der Waals surface area contributed by atoms with Gasteiger partial charge in [-0.2, -0.15) is 0 Å². The number of esters is 1. The third-order valence-corrected chi connectivity index (χ3v) is 5.62. The fourth-order valence-electron chi connectivity index (χ4n) is 3.23. The summed E-state index contributed by atoms with van der Waals surface area (Å²) in [7, 11) is 0. The third kappa shape index (κ3) is 5.01. The van der Waals surface area contributed by atoms with Crippen LogP contribution in [0, 0.1) is 0 Å². The third-order valence-electron chi connectivity index (χ3n) is 4.65. The highest BCUT2D eigenvalue weighted by molar-refractivity contribution is 8.00. The molecule has 1 saturated heterocycles. The number of likely N-dealkylation sites (tertiary alicyclic amines) is 1. The largest absolute Gasteiger partial charge is 0.452 e. The number of ether oxygens (including phenoxy) is 1. The van der Waals surface area contributed by atoms with Gasteiger partial charge in [-0.3, -0.25) is 9.59 Å². The molecule has 1 aliphatic heterocycles. The van der Waals surface area contributed by atoms with Gasteiger partial charge in [0.15, 0.2) is 6.10 Å². The zero-order chi connectivity index (χ0) is 18.4. The van der Waals surface area contributed by atoms with Crippen LogP contribution in [0.15, 0.2) is 47.4 Å².